The Kier molecular flexibility index (Phi) is 3.67. The van der Waals surface area contributed by atoms with Crippen LogP contribution in [0.4, 0.5) is 0 Å². The molecular weight excluding hydrogens is 168 g/mol. The summed E-state index contributed by atoms with van der Waals surface area (Å²) in [6.45, 7) is 5.10. The lowest BCUT2D eigenvalue weighted by Crippen LogP contribution is -2.47. The average Bonchev–Trinajstić information content (AvgIpc) is 2.46. The Morgan fingerprint density at radius 3 is 2.62 bits per heavy atom. The summed E-state index contributed by atoms with van der Waals surface area (Å²) in [5.74, 6) is 0.500. The molecule has 0 bridgehead atoms. The molecule has 1 heterocycles. The second-order valence-corrected chi connectivity index (χ2v) is 4.01. The quantitative estimate of drug-likeness (QED) is 0.604. The fraction of sp³-hybridized carbons (Fsp3) is 1.00. The van der Waals surface area contributed by atoms with Gasteiger partial charge in [-0.3, -0.25) is 10.2 Å². The first-order valence-corrected chi connectivity index (χ1v) is 4.72. The van der Waals surface area contributed by atoms with E-state index < -0.39 is 6.29 Å². The molecule has 0 aromatic carbocycles. The van der Waals surface area contributed by atoms with Crippen LogP contribution < -0.4 is 5.32 Å². The summed E-state index contributed by atoms with van der Waals surface area (Å²) >= 11 is 0. The van der Waals surface area contributed by atoms with Gasteiger partial charge >= 0.3 is 0 Å². The minimum absolute atomic E-state index is 0.0602. The van der Waals surface area contributed by atoms with E-state index in [2.05, 4.69) is 24.1 Å². The van der Waals surface area contributed by atoms with Gasteiger partial charge in [0.15, 0.2) is 6.29 Å². The number of nitrogens with zero attached hydrogens (tertiary/aromatic N) is 1. The number of nitrogens with one attached hydrogen (secondary N) is 1. The van der Waals surface area contributed by atoms with Crippen LogP contribution in [0.3, 0.4) is 0 Å². The van der Waals surface area contributed by atoms with Gasteiger partial charge < -0.3 is 9.84 Å². The summed E-state index contributed by atoms with van der Waals surface area (Å²) in [6.07, 6.45) is -0.701. The molecule has 0 aliphatic carbocycles. The van der Waals surface area contributed by atoms with Gasteiger partial charge in [-0.25, -0.2) is 0 Å². The highest BCUT2D eigenvalue weighted by molar-refractivity contribution is 4.92. The fourth-order valence-electron chi connectivity index (χ4n) is 1.91. The third-order valence-electron chi connectivity index (χ3n) is 2.71. The van der Waals surface area contributed by atoms with Gasteiger partial charge in [0.2, 0.25) is 0 Å². The van der Waals surface area contributed by atoms with Gasteiger partial charge in [-0.15, -0.1) is 0 Å². The zero-order chi connectivity index (χ0) is 10.0. The van der Waals surface area contributed by atoms with E-state index >= 15 is 0 Å². The summed E-state index contributed by atoms with van der Waals surface area (Å²) in [4.78, 5) is 2.08. The van der Waals surface area contributed by atoms with Crippen molar-refractivity contribution in [3.05, 3.63) is 0 Å². The molecule has 1 saturated heterocycles. The maximum atomic E-state index is 9.64. The van der Waals surface area contributed by atoms with Crippen LogP contribution in [0.5, 0.6) is 0 Å². The third kappa shape index (κ3) is 2.20. The monoisotopic (exact) mass is 188 g/mol. The molecule has 3 unspecified atom stereocenters. The first-order valence-electron chi connectivity index (χ1n) is 4.72. The molecule has 4 nitrogen and oxygen atoms in total. The molecular formula is C9H20N2O2. The van der Waals surface area contributed by atoms with Crippen LogP contribution in [0.15, 0.2) is 0 Å². The van der Waals surface area contributed by atoms with Gasteiger partial charge in [-0.05, 0) is 13.0 Å². The SMILES string of the molecule is COC(O)C1C(C(C)C)NCN1C. The normalized spacial score (nSPS) is 32.8. The number of ether oxygens (including phenoxy) is 1. The van der Waals surface area contributed by atoms with Crippen molar-refractivity contribution in [3.63, 3.8) is 0 Å². The molecule has 1 rings (SSSR count). The molecule has 1 aliphatic rings. The summed E-state index contributed by atoms with van der Waals surface area (Å²) in [5, 5.41) is 13.0. The van der Waals surface area contributed by atoms with Crippen molar-refractivity contribution < 1.29 is 9.84 Å². The Bertz CT molecular complexity index is 164. The van der Waals surface area contributed by atoms with Crippen LogP contribution in [0.1, 0.15) is 13.8 Å². The standard InChI is InChI=1S/C9H20N2O2/c1-6(2)7-8(9(12)13-4)11(3)5-10-7/h6-10,12H,5H2,1-4H3. The van der Waals surface area contributed by atoms with E-state index in [1.54, 1.807) is 0 Å². The molecule has 1 fully saturated rings. The summed E-state index contributed by atoms with van der Waals surface area (Å²) in [7, 11) is 3.52. The Labute approximate surface area is 79.9 Å². The second kappa shape index (κ2) is 4.37. The molecule has 0 saturated carbocycles. The van der Waals surface area contributed by atoms with E-state index in [4.69, 9.17) is 4.74 Å². The van der Waals surface area contributed by atoms with Crippen molar-refractivity contribution in [3.8, 4) is 0 Å². The van der Waals surface area contributed by atoms with Crippen LogP contribution in [-0.4, -0.2) is 49.2 Å². The first-order chi connectivity index (χ1) is 6.07. The Morgan fingerprint density at radius 1 is 1.54 bits per heavy atom. The maximum Gasteiger partial charge on any atom is 0.171 e. The van der Waals surface area contributed by atoms with Crippen LogP contribution in [-0.2, 0) is 4.74 Å². The number of aliphatic hydroxyl groups excluding tert-OH is 1. The van der Waals surface area contributed by atoms with Gasteiger partial charge in [0, 0.05) is 19.8 Å². The summed E-state index contributed by atoms with van der Waals surface area (Å²) in [6, 6.07) is 0.366. The van der Waals surface area contributed by atoms with Crippen LogP contribution >= 0.6 is 0 Å². The predicted octanol–water partition coefficient (Wildman–Crippen LogP) is -0.163. The van der Waals surface area contributed by atoms with Crippen LogP contribution in [0.25, 0.3) is 0 Å². The first kappa shape index (κ1) is 10.9. The van der Waals surface area contributed by atoms with Crippen LogP contribution in [0.2, 0.25) is 0 Å². The van der Waals surface area contributed by atoms with Crippen molar-refractivity contribution in [2.75, 3.05) is 20.8 Å². The van der Waals surface area contributed by atoms with E-state index in [9.17, 15) is 5.11 Å². The highest BCUT2D eigenvalue weighted by Gasteiger charge is 2.38. The third-order valence-corrected chi connectivity index (χ3v) is 2.71. The Hall–Kier alpha value is -0.160. The van der Waals surface area contributed by atoms with Crippen molar-refractivity contribution in [1.29, 1.82) is 0 Å². The molecule has 1 aliphatic heterocycles. The van der Waals surface area contributed by atoms with Crippen LogP contribution in [0, 0.1) is 5.92 Å². The summed E-state index contributed by atoms with van der Waals surface area (Å²) < 4.78 is 4.96. The Balaban J connectivity index is 2.65. The van der Waals surface area contributed by atoms with E-state index in [1.807, 2.05) is 7.05 Å². The molecule has 13 heavy (non-hydrogen) atoms. The van der Waals surface area contributed by atoms with Gasteiger partial charge in [-0.2, -0.15) is 0 Å². The zero-order valence-corrected chi connectivity index (χ0v) is 8.82. The van der Waals surface area contributed by atoms with Gasteiger partial charge in [-0.1, -0.05) is 13.8 Å². The minimum atomic E-state index is -0.701. The lowest BCUT2D eigenvalue weighted by atomic mass is 9.97. The van der Waals surface area contributed by atoms with Gasteiger partial charge in [0.25, 0.3) is 0 Å². The van der Waals surface area contributed by atoms with Crippen molar-refractivity contribution in [1.82, 2.24) is 10.2 Å². The molecule has 4 heteroatoms. The second-order valence-electron chi connectivity index (χ2n) is 4.01. The molecule has 0 aromatic heterocycles. The molecule has 78 valence electrons. The van der Waals surface area contributed by atoms with E-state index in [0.717, 1.165) is 6.67 Å². The summed E-state index contributed by atoms with van der Waals surface area (Å²) in [5.41, 5.74) is 0. The molecule has 0 aromatic rings. The largest absolute Gasteiger partial charge is 0.367 e. The predicted molar refractivity (Wildman–Crippen MR) is 51.2 cm³/mol. The van der Waals surface area contributed by atoms with Crippen molar-refractivity contribution in [2.24, 2.45) is 5.92 Å². The molecule has 3 atom stereocenters. The fourth-order valence-corrected chi connectivity index (χ4v) is 1.91. The lowest BCUT2D eigenvalue weighted by molar-refractivity contribution is -0.119. The highest BCUT2D eigenvalue weighted by Crippen LogP contribution is 2.19. The smallest absolute Gasteiger partial charge is 0.171 e. The topological polar surface area (TPSA) is 44.7 Å². The number of methoxy groups -OCH3 is 1. The van der Waals surface area contributed by atoms with Crippen molar-refractivity contribution >= 4 is 0 Å². The number of rotatable bonds is 3. The molecule has 0 radical (unpaired) electrons. The number of hydrogen-bond acceptors (Lipinski definition) is 4. The highest BCUT2D eigenvalue weighted by atomic mass is 16.6. The van der Waals surface area contributed by atoms with Crippen molar-refractivity contribution in [2.45, 2.75) is 32.2 Å². The van der Waals surface area contributed by atoms with Gasteiger partial charge in [0.05, 0.1) is 6.04 Å². The molecule has 0 amide bonds. The van der Waals surface area contributed by atoms with E-state index in [-0.39, 0.29) is 6.04 Å². The number of hydrogen-bond donors (Lipinski definition) is 2. The number of likely N-dealkylation sites (N-methyl/N-ethyl adjacent to an activating group) is 1. The zero-order valence-electron chi connectivity index (χ0n) is 8.82. The lowest BCUT2D eigenvalue weighted by Gasteiger charge is -2.29. The minimum Gasteiger partial charge on any atom is -0.367 e. The molecule has 0 spiro atoms. The van der Waals surface area contributed by atoms with E-state index in [1.165, 1.54) is 7.11 Å². The molecule has 2 N–H and O–H groups in total. The average molecular weight is 188 g/mol. The number of aliphatic hydroxyl groups is 1. The Morgan fingerprint density at radius 2 is 2.15 bits per heavy atom. The van der Waals surface area contributed by atoms with Gasteiger partial charge in [0.1, 0.15) is 0 Å². The van der Waals surface area contributed by atoms with E-state index in [0.29, 0.717) is 12.0 Å². The maximum absolute atomic E-state index is 9.64.